The van der Waals surface area contributed by atoms with E-state index >= 15 is 0 Å². The number of rotatable bonds is 4. The van der Waals surface area contributed by atoms with E-state index in [0.29, 0.717) is 23.6 Å². The van der Waals surface area contributed by atoms with E-state index in [9.17, 15) is 9.59 Å². The molecule has 3 rings (SSSR count). The van der Waals surface area contributed by atoms with Gasteiger partial charge in [-0.15, -0.1) is 11.3 Å². The number of carbonyl (C=O) groups is 1. The summed E-state index contributed by atoms with van der Waals surface area (Å²) < 4.78 is 1.41. The highest BCUT2D eigenvalue weighted by Crippen LogP contribution is 2.17. The number of thiophene rings is 1. The SMILES string of the molecule is CCc1cc(=O)[nH]c(-n2nc(C)cc2NC(=O)Nc2cccs2)n1. The fraction of sp³-hybridized carbons (Fsp3) is 0.200. The van der Waals surface area contributed by atoms with Crippen LogP contribution in [0.5, 0.6) is 0 Å². The van der Waals surface area contributed by atoms with Crippen molar-refractivity contribution in [3.8, 4) is 5.95 Å². The van der Waals surface area contributed by atoms with Gasteiger partial charge in [0.15, 0.2) is 0 Å². The Morgan fingerprint density at radius 1 is 1.38 bits per heavy atom. The summed E-state index contributed by atoms with van der Waals surface area (Å²) in [5.74, 6) is 0.678. The van der Waals surface area contributed by atoms with E-state index < -0.39 is 6.03 Å². The van der Waals surface area contributed by atoms with Crippen LogP contribution in [-0.4, -0.2) is 25.8 Å². The molecule has 0 spiro atoms. The van der Waals surface area contributed by atoms with Crippen molar-refractivity contribution in [1.82, 2.24) is 19.7 Å². The Kier molecular flexibility index (Phi) is 4.43. The van der Waals surface area contributed by atoms with Crippen molar-refractivity contribution in [1.29, 1.82) is 0 Å². The molecule has 0 aliphatic carbocycles. The fourth-order valence-corrected chi connectivity index (χ4v) is 2.75. The molecule has 0 saturated heterocycles. The van der Waals surface area contributed by atoms with Crippen molar-refractivity contribution in [2.75, 3.05) is 10.6 Å². The molecule has 0 radical (unpaired) electrons. The van der Waals surface area contributed by atoms with E-state index in [4.69, 9.17) is 0 Å². The second-order valence-corrected chi connectivity index (χ2v) is 6.00. The first-order valence-electron chi connectivity index (χ1n) is 7.34. The summed E-state index contributed by atoms with van der Waals surface area (Å²) in [5.41, 5.74) is 1.07. The van der Waals surface area contributed by atoms with Crippen LogP contribution in [0.2, 0.25) is 0 Å². The number of H-pyrrole nitrogens is 1. The predicted octanol–water partition coefficient (Wildman–Crippen LogP) is 2.53. The van der Waals surface area contributed by atoms with Gasteiger partial charge in [-0.1, -0.05) is 6.92 Å². The van der Waals surface area contributed by atoms with Crippen LogP contribution in [0.3, 0.4) is 0 Å². The molecule has 24 heavy (non-hydrogen) atoms. The molecule has 0 aliphatic rings. The van der Waals surface area contributed by atoms with E-state index in [2.05, 4.69) is 25.7 Å². The summed E-state index contributed by atoms with van der Waals surface area (Å²) in [6, 6.07) is 6.40. The molecule has 0 unspecified atom stereocenters. The van der Waals surface area contributed by atoms with Gasteiger partial charge in [-0.05, 0) is 30.9 Å². The van der Waals surface area contributed by atoms with E-state index in [1.807, 2.05) is 18.4 Å². The van der Waals surface area contributed by atoms with Gasteiger partial charge in [-0.2, -0.15) is 9.78 Å². The summed E-state index contributed by atoms with van der Waals surface area (Å²) in [7, 11) is 0. The molecular weight excluding hydrogens is 328 g/mol. The van der Waals surface area contributed by atoms with Crippen molar-refractivity contribution in [2.24, 2.45) is 0 Å². The van der Waals surface area contributed by atoms with Gasteiger partial charge in [-0.25, -0.2) is 9.78 Å². The summed E-state index contributed by atoms with van der Waals surface area (Å²) in [6.07, 6.45) is 0.624. The first-order chi connectivity index (χ1) is 11.5. The lowest BCUT2D eigenvalue weighted by Crippen LogP contribution is -2.22. The third kappa shape index (κ3) is 3.51. The first-order valence-corrected chi connectivity index (χ1v) is 8.22. The third-order valence-corrected chi connectivity index (χ3v) is 3.96. The zero-order chi connectivity index (χ0) is 17.1. The molecule has 3 N–H and O–H groups in total. The number of nitrogens with one attached hydrogen (secondary N) is 3. The van der Waals surface area contributed by atoms with Gasteiger partial charge in [0.2, 0.25) is 5.95 Å². The second kappa shape index (κ2) is 6.67. The number of nitrogens with zero attached hydrogens (tertiary/aromatic N) is 3. The third-order valence-electron chi connectivity index (χ3n) is 3.18. The summed E-state index contributed by atoms with van der Waals surface area (Å²) in [4.78, 5) is 30.9. The monoisotopic (exact) mass is 344 g/mol. The standard InChI is InChI=1S/C15H16N6O2S/c1-3-10-8-12(22)18-14(16-10)21-11(7-9(2)20-21)17-15(23)19-13-5-4-6-24-13/h4-8H,3H2,1-2H3,(H,16,18,22)(H2,17,19,23). The van der Waals surface area contributed by atoms with Gasteiger partial charge >= 0.3 is 6.03 Å². The molecule has 124 valence electrons. The lowest BCUT2D eigenvalue weighted by atomic mass is 10.3. The van der Waals surface area contributed by atoms with Gasteiger partial charge in [0, 0.05) is 17.8 Å². The molecule has 8 nitrogen and oxygen atoms in total. The number of carbonyl (C=O) groups excluding carboxylic acids is 1. The highest BCUT2D eigenvalue weighted by atomic mass is 32.1. The van der Waals surface area contributed by atoms with Crippen molar-refractivity contribution in [3.63, 3.8) is 0 Å². The van der Waals surface area contributed by atoms with Crippen molar-refractivity contribution in [2.45, 2.75) is 20.3 Å². The molecule has 3 aromatic heterocycles. The Morgan fingerprint density at radius 2 is 2.21 bits per heavy atom. The molecule has 0 saturated carbocycles. The topological polar surface area (TPSA) is 105 Å². The summed E-state index contributed by atoms with van der Waals surface area (Å²) in [5, 5.41) is 12.3. The number of hydrogen-bond acceptors (Lipinski definition) is 5. The van der Waals surface area contributed by atoms with Crippen LogP contribution in [0.1, 0.15) is 18.3 Å². The number of aromatic amines is 1. The zero-order valence-electron chi connectivity index (χ0n) is 13.2. The summed E-state index contributed by atoms with van der Waals surface area (Å²) in [6.45, 7) is 3.70. The number of urea groups is 1. The van der Waals surface area contributed by atoms with Gasteiger partial charge in [0.25, 0.3) is 5.56 Å². The predicted molar refractivity (Wildman–Crippen MR) is 93.1 cm³/mol. The molecule has 3 aromatic rings. The summed E-state index contributed by atoms with van der Waals surface area (Å²) >= 11 is 1.42. The highest BCUT2D eigenvalue weighted by molar-refractivity contribution is 7.14. The molecular formula is C15H16N6O2S. The van der Waals surface area contributed by atoms with E-state index in [0.717, 1.165) is 5.00 Å². The van der Waals surface area contributed by atoms with Gasteiger partial charge in [0.1, 0.15) is 5.82 Å². The smallest absolute Gasteiger partial charge is 0.299 e. The van der Waals surface area contributed by atoms with Crippen LogP contribution in [0, 0.1) is 6.92 Å². The Labute approximate surface area is 141 Å². The van der Waals surface area contributed by atoms with Crippen molar-refractivity contribution < 1.29 is 4.79 Å². The van der Waals surface area contributed by atoms with E-state index in [1.165, 1.54) is 22.1 Å². The lowest BCUT2D eigenvalue weighted by Gasteiger charge is -2.09. The van der Waals surface area contributed by atoms with E-state index in [1.54, 1.807) is 19.1 Å². The van der Waals surface area contributed by atoms with Crippen LogP contribution >= 0.6 is 11.3 Å². The maximum Gasteiger partial charge on any atom is 0.325 e. The van der Waals surface area contributed by atoms with Crippen molar-refractivity contribution in [3.05, 3.63) is 51.4 Å². The highest BCUT2D eigenvalue weighted by Gasteiger charge is 2.13. The number of hydrogen-bond donors (Lipinski definition) is 3. The molecule has 9 heteroatoms. The van der Waals surface area contributed by atoms with Crippen LogP contribution in [0.4, 0.5) is 15.6 Å². The molecule has 0 fully saturated rings. The lowest BCUT2D eigenvalue weighted by molar-refractivity contribution is 0.262. The number of amides is 2. The maximum atomic E-state index is 12.1. The number of aryl methyl sites for hydroxylation is 2. The normalized spacial score (nSPS) is 10.6. The maximum absolute atomic E-state index is 12.1. The molecule has 0 atom stereocenters. The first kappa shape index (κ1) is 15.9. The van der Waals surface area contributed by atoms with Crippen LogP contribution < -0.4 is 16.2 Å². The Morgan fingerprint density at radius 3 is 2.92 bits per heavy atom. The number of aromatic nitrogens is 4. The largest absolute Gasteiger partial charge is 0.325 e. The Balaban J connectivity index is 1.89. The zero-order valence-corrected chi connectivity index (χ0v) is 14.0. The molecule has 2 amide bonds. The average molecular weight is 344 g/mol. The minimum Gasteiger partial charge on any atom is -0.299 e. The minimum atomic E-state index is -0.396. The van der Waals surface area contributed by atoms with Crippen LogP contribution in [-0.2, 0) is 6.42 Å². The molecule has 0 aromatic carbocycles. The minimum absolute atomic E-state index is 0.263. The fourth-order valence-electron chi connectivity index (χ4n) is 2.13. The van der Waals surface area contributed by atoms with Crippen LogP contribution in [0.15, 0.2) is 34.4 Å². The number of anilines is 2. The van der Waals surface area contributed by atoms with Gasteiger partial charge in [0.05, 0.1) is 10.7 Å². The molecule has 0 bridgehead atoms. The van der Waals surface area contributed by atoms with Crippen molar-refractivity contribution >= 4 is 28.2 Å². The quantitative estimate of drug-likeness (QED) is 0.676. The molecule has 0 aliphatic heterocycles. The second-order valence-electron chi connectivity index (χ2n) is 5.05. The van der Waals surface area contributed by atoms with Gasteiger partial charge < -0.3 is 0 Å². The van der Waals surface area contributed by atoms with Crippen LogP contribution in [0.25, 0.3) is 5.95 Å². The Hall–Kier alpha value is -2.94. The van der Waals surface area contributed by atoms with E-state index in [-0.39, 0.29) is 11.5 Å². The average Bonchev–Trinajstić information content (AvgIpc) is 3.16. The van der Waals surface area contributed by atoms with Gasteiger partial charge in [-0.3, -0.25) is 20.4 Å². The Bertz CT molecular complexity index is 912. The molecule has 3 heterocycles.